The fourth-order valence-corrected chi connectivity index (χ4v) is 5.61. The summed E-state index contributed by atoms with van der Waals surface area (Å²) in [6, 6.07) is 14.4. The number of nitrogens with one attached hydrogen (secondary N) is 2. The second-order valence-corrected chi connectivity index (χ2v) is 13.3. The zero-order valence-electron chi connectivity index (χ0n) is 25.6. The van der Waals surface area contributed by atoms with Gasteiger partial charge in [-0.2, -0.15) is 0 Å². The Kier molecular flexibility index (Phi) is 11.2. The van der Waals surface area contributed by atoms with Crippen molar-refractivity contribution >= 4 is 27.9 Å². The van der Waals surface area contributed by atoms with Gasteiger partial charge in [-0.3, -0.25) is 4.79 Å². The van der Waals surface area contributed by atoms with Gasteiger partial charge in [0, 0.05) is 16.0 Å². The topological polar surface area (TPSA) is 117 Å². The molecular weight excluding hydrogens is 650 g/mol. The highest BCUT2D eigenvalue weighted by Crippen LogP contribution is 2.36. The molecule has 4 rings (SSSR count). The largest absolute Gasteiger partial charge is 0.487 e. The number of hydrogen-bond acceptors (Lipinski definition) is 6. The van der Waals surface area contributed by atoms with Gasteiger partial charge in [0.25, 0.3) is 0 Å². The molecule has 0 saturated heterocycles. The molecule has 0 radical (unpaired) electrons. The second-order valence-electron chi connectivity index (χ2n) is 12.4. The first-order chi connectivity index (χ1) is 21.2. The predicted octanol–water partition coefficient (Wildman–Crippen LogP) is 5.69. The Labute approximate surface area is 270 Å². The number of benzene rings is 3. The summed E-state index contributed by atoms with van der Waals surface area (Å²) < 4.78 is 41.2. The summed E-state index contributed by atoms with van der Waals surface area (Å²) in [5.74, 6) is -2.78. The number of carbonyl (C=O) groups is 2. The van der Waals surface area contributed by atoms with E-state index in [1.165, 1.54) is 18.2 Å². The first-order valence-corrected chi connectivity index (χ1v) is 15.6. The minimum Gasteiger partial charge on any atom is -0.487 e. The minimum atomic E-state index is -1.27. The van der Waals surface area contributed by atoms with Crippen LogP contribution in [-0.4, -0.2) is 52.7 Å². The summed E-state index contributed by atoms with van der Waals surface area (Å²) in [5.41, 5.74) is 1.13. The van der Waals surface area contributed by atoms with Crippen LogP contribution in [0.4, 0.5) is 13.6 Å². The number of alkyl carbamates (subject to hydrolysis) is 1. The lowest BCUT2D eigenvalue weighted by Crippen LogP contribution is -2.49. The Morgan fingerprint density at radius 2 is 1.76 bits per heavy atom. The molecule has 242 valence electrons. The Morgan fingerprint density at radius 3 is 2.42 bits per heavy atom. The Bertz CT molecular complexity index is 1500. The van der Waals surface area contributed by atoms with Crippen molar-refractivity contribution in [1.82, 2.24) is 10.6 Å². The molecule has 3 aromatic carbocycles. The Balaban J connectivity index is 1.62. The average molecular weight is 690 g/mol. The number of aryl methyl sites for hydroxylation is 1. The van der Waals surface area contributed by atoms with Crippen molar-refractivity contribution in [2.75, 3.05) is 6.61 Å². The lowest BCUT2D eigenvalue weighted by atomic mass is 9.87. The summed E-state index contributed by atoms with van der Waals surface area (Å²) in [5, 5.41) is 27.9. The van der Waals surface area contributed by atoms with Gasteiger partial charge in [0.15, 0.2) is 11.6 Å². The number of aliphatic hydroxyl groups excluding tert-OH is 2. The van der Waals surface area contributed by atoms with Gasteiger partial charge in [0.05, 0.1) is 18.2 Å². The van der Waals surface area contributed by atoms with Gasteiger partial charge in [-0.25, -0.2) is 13.6 Å². The molecule has 4 N–H and O–H groups in total. The second kappa shape index (κ2) is 14.7. The van der Waals surface area contributed by atoms with E-state index < -0.39 is 59.4 Å². The van der Waals surface area contributed by atoms with Gasteiger partial charge in [0.2, 0.25) is 5.91 Å². The van der Waals surface area contributed by atoms with Gasteiger partial charge in [-0.1, -0.05) is 46.3 Å². The molecule has 0 spiro atoms. The molecule has 0 unspecified atom stereocenters. The normalized spacial score (nSPS) is 18.2. The van der Waals surface area contributed by atoms with Crippen LogP contribution in [0.1, 0.15) is 55.5 Å². The Morgan fingerprint density at radius 1 is 1.07 bits per heavy atom. The highest BCUT2D eigenvalue weighted by molar-refractivity contribution is 9.10. The summed E-state index contributed by atoms with van der Waals surface area (Å²) in [6.45, 7) is 6.60. The van der Waals surface area contributed by atoms with Crippen molar-refractivity contribution in [3.05, 3.63) is 99.0 Å². The first-order valence-electron chi connectivity index (χ1n) is 14.8. The quantitative estimate of drug-likeness (QED) is 0.217. The molecule has 45 heavy (non-hydrogen) atoms. The van der Waals surface area contributed by atoms with Crippen LogP contribution in [0, 0.1) is 24.5 Å². The highest BCUT2D eigenvalue weighted by atomic mass is 79.9. The average Bonchev–Trinajstić information content (AvgIpc) is 2.95. The molecule has 5 atom stereocenters. The fraction of sp³-hybridized carbons (Fsp3) is 0.412. The van der Waals surface area contributed by atoms with Crippen LogP contribution in [0.2, 0.25) is 0 Å². The summed E-state index contributed by atoms with van der Waals surface area (Å²) in [7, 11) is 0. The third-order valence-electron chi connectivity index (χ3n) is 7.49. The standard InChI is InChI=1S/C34H39BrF2N2O6/c1-19-13-24-30(29(41)18-44-31(24)26(37)14-19)39-32(42)22(16-21-7-5-6-8-25(21)36)17-28(40)27(38-33(43)45-34(2,3)4)15-20-9-11-23(35)12-10-20/h5-14,22,27-30,40-41H,15-18H2,1-4H3,(H,38,43)(H,39,42)/t22-,27+,28+,29-,30+/m1/s1. The van der Waals surface area contributed by atoms with E-state index in [9.17, 15) is 28.6 Å². The zero-order chi connectivity index (χ0) is 32.9. The molecule has 0 saturated carbocycles. The van der Waals surface area contributed by atoms with Crippen LogP contribution in [0.15, 0.2) is 65.1 Å². The van der Waals surface area contributed by atoms with Gasteiger partial charge in [0.1, 0.15) is 24.1 Å². The van der Waals surface area contributed by atoms with E-state index in [0.29, 0.717) is 5.56 Å². The molecular formula is C34H39BrF2N2O6. The van der Waals surface area contributed by atoms with E-state index in [1.54, 1.807) is 45.9 Å². The molecule has 11 heteroatoms. The number of hydrogen-bond donors (Lipinski definition) is 4. The number of amides is 2. The van der Waals surface area contributed by atoms with Gasteiger partial charge >= 0.3 is 6.09 Å². The maximum atomic E-state index is 14.8. The lowest BCUT2D eigenvalue weighted by Gasteiger charge is -2.33. The van der Waals surface area contributed by atoms with Crippen molar-refractivity contribution in [1.29, 1.82) is 0 Å². The van der Waals surface area contributed by atoms with Crippen LogP contribution in [0.3, 0.4) is 0 Å². The third kappa shape index (κ3) is 9.48. The number of rotatable bonds is 10. The SMILES string of the molecule is Cc1cc(F)c2c(c1)[C@H](NC(=O)[C@H](Cc1ccccc1F)C[C@H](O)[C@H](Cc1ccc(Br)cc1)NC(=O)OC(C)(C)C)[C@H](O)CO2. The number of ether oxygens (including phenoxy) is 2. The van der Waals surface area contributed by atoms with Crippen molar-refractivity contribution < 1.29 is 38.1 Å². The van der Waals surface area contributed by atoms with Crippen molar-refractivity contribution in [2.45, 2.75) is 76.9 Å². The summed E-state index contributed by atoms with van der Waals surface area (Å²) in [6.07, 6.45) is -3.23. The van der Waals surface area contributed by atoms with E-state index in [-0.39, 0.29) is 42.7 Å². The van der Waals surface area contributed by atoms with Gasteiger partial charge in [-0.05, 0) is 94.0 Å². The minimum absolute atomic E-state index is 0.0574. The monoisotopic (exact) mass is 688 g/mol. The Hall–Kier alpha value is -3.54. The molecule has 0 fully saturated rings. The van der Waals surface area contributed by atoms with Crippen molar-refractivity contribution in [3.8, 4) is 5.75 Å². The van der Waals surface area contributed by atoms with Crippen LogP contribution in [0.5, 0.6) is 5.75 Å². The predicted molar refractivity (Wildman–Crippen MR) is 169 cm³/mol. The maximum absolute atomic E-state index is 14.8. The number of fused-ring (bicyclic) bond motifs is 1. The molecule has 0 aliphatic carbocycles. The molecule has 1 aliphatic heterocycles. The van der Waals surface area contributed by atoms with E-state index >= 15 is 0 Å². The molecule has 0 aromatic heterocycles. The first kappa shape index (κ1) is 34.3. The van der Waals surface area contributed by atoms with E-state index in [4.69, 9.17) is 9.47 Å². The van der Waals surface area contributed by atoms with Gasteiger partial charge < -0.3 is 30.3 Å². The molecule has 8 nitrogen and oxygen atoms in total. The van der Waals surface area contributed by atoms with Crippen LogP contribution < -0.4 is 15.4 Å². The molecule has 3 aromatic rings. The number of aliphatic hydroxyl groups is 2. The van der Waals surface area contributed by atoms with Crippen LogP contribution in [0.25, 0.3) is 0 Å². The molecule has 1 aliphatic rings. The molecule has 0 bridgehead atoms. The number of halogens is 3. The van der Waals surface area contributed by atoms with E-state index in [2.05, 4.69) is 26.6 Å². The van der Waals surface area contributed by atoms with Crippen LogP contribution >= 0.6 is 15.9 Å². The van der Waals surface area contributed by atoms with Crippen molar-refractivity contribution in [3.63, 3.8) is 0 Å². The fourth-order valence-electron chi connectivity index (χ4n) is 5.34. The summed E-state index contributed by atoms with van der Waals surface area (Å²) in [4.78, 5) is 26.7. The molecule has 1 heterocycles. The van der Waals surface area contributed by atoms with Crippen LogP contribution in [-0.2, 0) is 22.4 Å². The summed E-state index contributed by atoms with van der Waals surface area (Å²) >= 11 is 3.40. The lowest BCUT2D eigenvalue weighted by molar-refractivity contribution is -0.128. The maximum Gasteiger partial charge on any atom is 0.407 e. The number of carbonyl (C=O) groups excluding carboxylic acids is 2. The van der Waals surface area contributed by atoms with Gasteiger partial charge in [-0.15, -0.1) is 0 Å². The third-order valence-corrected chi connectivity index (χ3v) is 8.02. The smallest absolute Gasteiger partial charge is 0.407 e. The molecule has 2 amide bonds. The highest BCUT2D eigenvalue weighted by Gasteiger charge is 2.36. The van der Waals surface area contributed by atoms with E-state index in [0.717, 1.165) is 10.0 Å². The zero-order valence-corrected chi connectivity index (χ0v) is 27.2. The van der Waals surface area contributed by atoms with E-state index in [1.807, 2.05) is 24.3 Å². The van der Waals surface area contributed by atoms with Crippen molar-refractivity contribution in [2.24, 2.45) is 5.92 Å².